The van der Waals surface area contributed by atoms with Gasteiger partial charge in [-0.2, -0.15) is 0 Å². The lowest BCUT2D eigenvalue weighted by Crippen LogP contribution is -2.30. The lowest BCUT2D eigenvalue weighted by Gasteiger charge is -2.22. The molecule has 1 N–H and O–H groups in total. The molecule has 0 spiro atoms. The lowest BCUT2D eigenvalue weighted by atomic mass is 9.96. The van der Waals surface area contributed by atoms with E-state index < -0.39 is 23.0 Å². The van der Waals surface area contributed by atoms with Gasteiger partial charge in [-0.15, -0.1) is 0 Å². The van der Waals surface area contributed by atoms with Crippen LogP contribution in [0.25, 0.3) is 0 Å². The standard InChI is InChI=1S/C21H25NO3S/c1-5-25-21(23)19(15(2)3)20(17-9-7-6-8-10-17)22-26(24)18-13-11-16(4)12-14-18/h6-14,20,22H,5H2,1-4H3/t20-,26?/m0/s1. The first-order valence-electron chi connectivity index (χ1n) is 8.58. The van der Waals surface area contributed by atoms with Crippen molar-refractivity contribution < 1.29 is 13.7 Å². The minimum atomic E-state index is -1.47. The van der Waals surface area contributed by atoms with Crippen molar-refractivity contribution in [2.75, 3.05) is 6.61 Å². The zero-order valence-electron chi connectivity index (χ0n) is 15.6. The van der Waals surface area contributed by atoms with E-state index in [1.165, 1.54) is 0 Å². The number of carbonyl (C=O) groups excluding carboxylic acids is 1. The highest BCUT2D eigenvalue weighted by molar-refractivity contribution is 7.83. The van der Waals surface area contributed by atoms with Gasteiger partial charge in [0.05, 0.1) is 23.1 Å². The van der Waals surface area contributed by atoms with Crippen LogP contribution in [0.2, 0.25) is 0 Å². The summed E-state index contributed by atoms with van der Waals surface area (Å²) >= 11 is 0. The first-order valence-corrected chi connectivity index (χ1v) is 9.73. The molecular weight excluding hydrogens is 346 g/mol. The zero-order chi connectivity index (χ0) is 19.1. The molecule has 0 aliphatic rings. The first-order chi connectivity index (χ1) is 12.4. The maximum atomic E-state index is 12.9. The van der Waals surface area contributed by atoms with E-state index in [1.807, 2.05) is 75.4 Å². The van der Waals surface area contributed by atoms with E-state index in [4.69, 9.17) is 4.74 Å². The molecule has 1 unspecified atom stereocenters. The summed E-state index contributed by atoms with van der Waals surface area (Å²) < 4.78 is 21.2. The fraction of sp³-hybridized carbons (Fsp3) is 0.286. The van der Waals surface area contributed by atoms with Gasteiger partial charge in [0, 0.05) is 0 Å². The SMILES string of the molecule is CCOC(=O)C(=C(C)C)[C@@H](NS(=O)c1ccc(C)cc1)c1ccccc1. The van der Waals surface area contributed by atoms with E-state index in [9.17, 15) is 9.00 Å². The second-order valence-corrected chi connectivity index (χ2v) is 7.42. The normalized spacial score (nSPS) is 12.9. The summed E-state index contributed by atoms with van der Waals surface area (Å²) in [6.45, 7) is 7.76. The van der Waals surface area contributed by atoms with Crippen molar-refractivity contribution in [2.24, 2.45) is 0 Å². The van der Waals surface area contributed by atoms with Gasteiger partial charge in [0.1, 0.15) is 11.0 Å². The third kappa shape index (κ3) is 5.13. The van der Waals surface area contributed by atoms with Crippen LogP contribution >= 0.6 is 0 Å². The molecule has 0 saturated heterocycles. The summed E-state index contributed by atoms with van der Waals surface area (Å²) in [6.07, 6.45) is 0. The van der Waals surface area contributed by atoms with Crippen LogP contribution in [-0.4, -0.2) is 16.8 Å². The Morgan fingerprint density at radius 2 is 1.69 bits per heavy atom. The van der Waals surface area contributed by atoms with E-state index in [1.54, 1.807) is 6.92 Å². The number of hydrogen-bond acceptors (Lipinski definition) is 3. The third-order valence-electron chi connectivity index (χ3n) is 3.92. The summed E-state index contributed by atoms with van der Waals surface area (Å²) in [5, 5.41) is 0. The van der Waals surface area contributed by atoms with Gasteiger partial charge < -0.3 is 4.74 Å². The maximum Gasteiger partial charge on any atom is 0.335 e. The second-order valence-electron chi connectivity index (χ2n) is 6.18. The van der Waals surface area contributed by atoms with E-state index in [0.29, 0.717) is 10.5 Å². The first kappa shape index (κ1) is 20.1. The van der Waals surface area contributed by atoms with Crippen LogP contribution in [0.1, 0.15) is 37.9 Å². The van der Waals surface area contributed by atoms with E-state index in [-0.39, 0.29) is 6.61 Å². The molecule has 0 heterocycles. The number of rotatable bonds is 7. The van der Waals surface area contributed by atoms with Gasteiger partial charge in [0.25, 0.3) is 0 Å². The quantitative estimate of drug-likeness (QED) is 0.585. The van der Waals surface area contributed by atoms with Crippen LogP contribution in [0.15, 0.2) is 70.6 Å². The molecule has 2 aromatic rings. The summed E-state index contributed by atoms with van der Waals surface area (Å²) in [5.41, 5.74) is 3.27. The Labute approximate surface area is 157 Å². The van der Waals surface area contributed by atoms with Crippen LogP contribution in [0, 0.1) is 6.92 Å². The number of esters is 1. The lowest BCUT2D eigenvalue weighted by molar-refractivity contribution is -0.138. The number of hydrogen-bond donors (Lipinski definition) is 1. The molecule has 0 aliphatic heterocycles. The summed E-state index contributed by atoms with van der Waals surface area (Å²) in [7, 11) is -1.47. The minimum absolute atomic E-state index is 0.290. The number of allylic oxidation sites excluding steroid dienone is 1. The predicted octanol–water partition coefficient (Wildman–Crippen LogP) is 4.25. The van der Waals surface area contributed by atoms with Crippen molar-refractivity contribution in [3.05, 3.63) is 76.9 Å². The molecule has 0 radical (unpaired) electrons. The van der Waals surface area contributed by atoms with Gasteiger partial charge in [0.2, 0.25) is 0 Å². The molecule has 138 valence electrons. The van der Waals surface area contributed by atoms with Crippen molar-refractivity contribution in [1.29, 1.82) is 0 Å². The Bertz CT molecular complexity index is 794. The number of benzene rings is 2. The summed E-state index contributed by atoms with van der Waals surface area (Å²) in [5.74, 6) is -0.394. The maximum absolute atomic E-state index is 12.9. The molecule has 0 aromatic heterocycles. The number of ether oxygens (including phenoxy) is 1. The number of carbonyl (C=O) groups is 1. The molecule has 0 fully saturated rings. The molecular formula is C21H25NO3S. The van der Waals surface area contributed by atoms with Gasteiger partial charge >= 0.3 is 5.97 Å². The molecule has 4 nitrogen and oxygen atoms in total. The Morgan fingerprint density at radius 3 is 2.23 bits per heavy atom. The van der Waals surface area contributed by atoms with Crippen LogP contribution in [0.5, 0.6) is 0 Å². The Kier molecular flexibility index (Phi) is 7.30. The van der Waals surface area contributed by atoms with Crippen molar-refractivity contribution in [2.45, 2.75) is 38.6 Å². The topological polar surface area (TPSA) is 55.4 Å². The highest BCUT2D eigenvalue weighted by Crippen LogP contribution is 2.27. The summed E-state index contributed by atoms with van der Waals surface area (Å²) in [4.78, 5) is 13.2. The fourth-order valence-corrected chi connectivity index (χ4v) is 3.58. The fourth-order valence-electron chi connectivity index (χ4n) is 2.60. The highest BCUT2D eigenvalue weighted by Gasteiger charge is 2.27. The van der Waals surface area contributed by atoms with Crippen molar-refractivity contribution in [3.63, 3.8) is 0 Å². The summed E-state index contributed by atoms with van der Waals surface area (Å²) in [6, 6.07) is 16.5. The van der Waals surface area contributed by atoms with Gasteiger partial charge in [-0.05, 0) is 45.4 Å². The Morgan fingerprint density at radius 1 is 1.08 bits per heavy atom. The van der Waals surface area contributed by atoms with Crippen LogP contribution in [-0.2, 0) is 20.5 Å². The molecule has 0 amide bonds. The van der Waals surface area contributed by atoms with Gasteiger partial charge in [-0.1, -0.05) is 53.6 Å². The van der Waals surface area contributed by atoms with E-state index in [0.717, 1.165) is 16.7 Å². The van der Waals surface area contributed by atoms with E-state index >= 15 is 0 Å². The molecule has 26 heavy (non-hydrogen) atoms. The van der Waals surface area contributed by atoms with Gasteiger partial charge in [0.15, 0.2) is 0 Å². The minimum Gasteiger partial charge on any atom is -0.463 e. The Hall–Kier alpha value is -2.24. The predicted molar refractivity (Wildman–Crippen MR) is 105 cm³/mol. The van der Waals surface area contributed by atoms with Gasteiger partial charge in [-0.3, -0.25) is 0 Å². The number of nitrogens with one attached hydrogen (secondary N) is 1. The molecule has 2 atom stereocenters. The molecule has 0 saturated carbocycles. The van der Waals surface area contributed by atoms with Crippen LogP contribution in [0.4, 0.5) is 0 Å². The smallest absolute Gasteiger partial charge is 0.335 e. The average molecular weight is 372 g/mol. The second kappa shape index (κ2) is 9.46. The molecule has 5 heteroatoms. The zero-order valence-corrected chi connectivity index (χ0v) is 16.4. The van der Waals surface area contributed by atoms with Gasteiger partial charge in [-0.25, -0.2) is 13.7 Å². The van der Waals surface area contributed by atoms with Crippen molar-refractivity contribution >= 4 is 17.0 Å². The highest BCUT2D eigenvalue weighted by atomic mass is 32.2. The average Bonchev–Trinajstić information content (AvgIpc) is 2.62. The van der Waals surface area contributed by atoms with Crippen LogP contribution < -0.4 is 4.72 Å². The van der Waals surface area contributed by atoms with E-state index in [2.05, 4.69) is 4.72 Å². The molecule has 2 aromatic carbocycles. The largest absolute Gasteiger partial charge is 0.463 e. The molecule has 0 bridgehead atoms. The Balaban J connectivity index is 2.41. The third-order valence-corrected chi connectivity index (χ3v) is 5.07. The monoisotopic (exact) mass is 371 g/mol. The molecule has 2 rings (SSSR count). The van der Waals surface area contributed by atoms with Crippen LogP contribution in [0.3, 0.4) is 0 Å². The number of aryl methyl sites for hydroxylation is 1. The van der Waals surface area contributed by atoms with Crippen molar-refractivity contribution in [3.8, 4) is 0 Å². The molecule has 0 aliphatic carbocycles. The van der Waals surface area contributed by atoms with Crippen molar-refractivity contribution in [1.82, 2.24) is 4.72 Å².